The molecule has 6 rings (SSSR count). The van der Waals surface area contributed by atoms with Gasteiger partial charge in [0, 0.05) is 70.0 Å². The second kappa shape index (κ2) is 12.1. The molecule has 2 amide bonds. The van der Waals surface area contributed by atoms with Crippen LogP contribution < -0.4 is 20.9 Å². The maximum atomic E-state index is 15.0. The Kier molecular flexibility index (Phi) is 7.98. The molecule has 43 heavy (non-hydrogen) atoms. The van der Waals surface area contributed by atoms with E-state index in [-0.39, 0.29) is 23.8 Å². The van der Waals surface area contributed by atoms with Crippen molar-refractivity contribution in [2.45, 2.75) is 32.3 Å². The summed E-state index contributed by atoms with van der Waals surface area (Å²) in [7, 11) is 0. The number of H-pyrrole nitrogens is 1. The van der Waals surface area contributed by atoms with Crippen LogP contribution in [0.5, 0.6) is 0 Å². The normalized spacial score (nSPS) is 17.3. The maximum absolute atomic E-state index is 15.0. The minimum Gasteiger partial charge on any atom is -0.393 e. The Morgan fingerprint density at radius 2 is 1.65 bits per heavy atom. The fraction of sp³-hybridized carbons (Fsp3) is 0.235. The third-order valence-corrected chi connectivity index (χ3v) is 8.08. The van der Waals surface area contributed by atoms with Gasteiger partial charge in [-0.25, -0.2) is 4.39 Å². The molecule has 2 heterocycles. The van der Waals surface area contributed by atoms with Crippen molar-refractivity contribution in [2.24, 2.45) is 5.92 Å². The Morgan fingerprint density at radius 3 is 2.40 bits per heavy atom. The zero-order valence-electron chi connectivity index (χ0n) is 23.9. The first-order chi connectivity index (χ1) is 20.8. The molecule has 1 aliphatic carbocycles. The third kappa shape index (κ3) is 6.47. The number of carbonyl (C=O) groups excluding carboxylic acids is 2. The Labute approximate surface area is 249 Å². The summed E-state index contributed by atoms with van der Waals surface area (Å²) in [5, 5.41) is 19.6. The van der Waals surface area contributed by atoms with Gasteiger partial charge in [0.05, 0.1) is 11.8 Å². The molecule has 3 aromatic carbocycles. The van der Waals surface area contributed by atoms with Crippen LogP contribution in [-0.2, 0) is 0 Å². The maximum Gasteiger partial charge on any atom is 0.255 e. The zero-order chi connectivity index (χ0) is 29.9. The first-order valence-electron chi connectivity index (χ1n) is 14.5. The molecule has 0 radical (unpaired) electrons. The van der Waals surface area contributed by atoms with Gasteiger partial charge in [0.1, 0.15) is 5.82 Å². The number of hydrogen-bond acceptors (Lipinski definition) is 5. The number of aliphatic hydroxyl groups excluding tert-OH is 1. The number of fused-ring (bicyclic) bond motifs is 1. The van der Waals surface area contributed by atoms with E-state index in [1.54, 1.807) is 24.3 Å². The van der Waals surface area contributed by atoms with E-state index in [2.05, 4.69) is 25.8 Å². The lowest BCUT2D eigenvalue weighted by Crippen LogP contribution is -2.35. The van der Waals surface area contributed by atoms with E-state index < -0.39 is 5.82 Å². The first-order valence-corrected chi connectivity index (χ1v) is 14.5. The fourth-order valence-corrected chi connectivity index (χ4v) is 5.53. The average molecular weight is 580 g/mol. The van der Waals surface area contributed by atoms with Crippen molar-refractivity contribution in [3.05, 3.63) is 113 Å². The van der Waals surface area contributed by atoms with Gasteiger partial charge in [0.25, 0.3) is 11.8 Å². The Balaban J connectivity index is 1.05. The number of aromatic amines is 1. The van der Waals surface area contributed by atoms with E-state index in [9.17, 15) is 14.7 Å². The molecule has 2 aliphatic rings. The van der Waals surface area contributed by atoms with Gasteiger partial charge in [-0.15, -0.1) is 0 Å². The molecule has 4 aromatic rings. The lowest BCUT2D eigenvalue weighted by atomic mass is 9.95. The molecule has 1 atom stereocenters. The van der Waals surface area contributed by atoms with Crippen LogP contribution in [0.15, 0.2) is 96.5 Å². The van der Waals surface area contributed by atoms with Crippen LogP contribution in [0.4, 0.5) is 21.5 Å². The summed E-state index contributed by atoms with van der Waals surface area (Å²) in [6.07, 6.45) is 7.36. The predicted octanol–water partition coefficient (Wildman–Crippen LogP) is 6.17. The van der Waals surface area contributed by atoms with Gasteiger partial charge in [-0.3, -0.25) is 9.59 Å². The van der Waals surface area contributed by atoms with E-state index in [0.717, 1.165) is 53.9 Å². The van der Waals surface area contributed by atoms with Gasteiger partial charge in [0.15, 0.2) is 0 Å². The fourth-order valence-electron chi connectivity index (χ4n) is 5.53. The van der Waals surface area contributed by atoms with Gasteiger partial charge in [-0.2, -0.15) is 0 Å². The highest BCUT2D eigenvalue weighted by Crippen LogP contribution is 2.28. The molecule has 220 valence electrons. The predicted molar refractivity (Wildman–Crippen MR) is 168 cm³/mol. The van der Waals surface area contributed by atoms with Crippen LogP contribution in [0.1, 0.15) is 46.9 Å². The molecule has 1 aromatic heterocycles. The number of aromatic nitrogens is 1. The topological polar surface area (TPSA) is 109 Å². The number of piperidine rings is 1. The number of carbonyl (C=O) groups is 2. The average Bonchev–Trinajstić information content (AvgIpc) is 3.48. The van der Waals surface area contributed by atoms with Crippen LogP contribution in [-0.4, -0.2) is 41.1 Å². The number of amides is 2. The molecular weight excluding hydrogens is 545 g/mol. The number of nitrogens with zero attached hydrogens (tertiary/aromatic N) is 1. The molecule has 1 unspecified atom stereocenters. The van der Waals surface area contributed by atoms with Crippen LogP contribution >= 0.6 is 0 Å². The summed E-state index contributed by atoms with van der Waals surface area (Å²) in [4.78, 5) is 30.9. The van der Waals surface area contributed by atoms with Crippen molar-refractivity contribution in [2.75, 3.05) is 28.6 Å². The molecule has 5 N–H and O–H groups in total. The van der Waals surface area contributed by atoms with Crippen molar-refractivity contribution in [1.82, 2.24) is 10.3 Å². The summed E-state index contributed by atoms with van der Waals surface area (Å²) in [5.41, 5.74) is 5.32. The molecular formula is C34H34FN5O3. The van der Waals surface area contributed by atoms with Gasteiger partial charge in [-0.1, -0.05) is 6.92 Å². The number of aliphatic hydroxyl groups is 1. The second-order valence-corrected chi connectivity index (χ2v) is 11.2. The molecule has 9 heteroatoms. The van der Waals surface area contributed by atoms with Crippen molar-refractivity contribution in [3.63, 3.8) is 0 Å². The third-order valence-electron chi connectivity index (χ3n) is 8.08. The quantitative estimate of drug-likeness (QED) is 0.180. The van der Waals surface area contributed by atoms with Gasteiger partial charge in [-0.05, 0) is 98.1 Å². The van der Waals surface area contributed by atoms with E-state index in [4.69, 9.17) is 0 Å². The van der Waals surface area contributed by atoms with Gasteiger partial charge < -0.3 is 30.9 Å². The van der Waals surface area contributed by atoms with Crippen LogP contribution in [0.25, 0.3) is 10.9 Å². The van der Waals surface area contributed by atoms with E-state index in [0.29, 0.717) is 28.9 Å². The molecule has 8 nitrogen and oxygen atoms in total. The monoisotopic (exact) mass is 579 g/mol. The molecule has 1 saturated heterocycles. The Bertz CT molecular complexity index is 1720. The lowest BCUT2D eigenvalue weighted by molar-refractivity contribution is 0.0962. The molecule has 1 aliphatic heterocycles. The smallest absolute Gasteiger partial charge is 0.255 e. The van der Waals surface area contributed by atoms with Crippen LogP contribution in [0.3, 0.4) is 0 Å². The van der Waals surface area contributed by atoms with Gasteiger partial charge >= 0.3 is 0 Å². The van der Waals surface area contributed by atoms with E-state index >= 15 is 4.39 Å². The highest BCUT2D eigenvalue weighted by atomic mass is 19.1. The SMILES string of the molecule is CC1CC(NC(=O)c2ccc(N3CCC(O)CC3)cc2)=CC=C1Nc1ccc(NC(=O)c2ccc3[nH]ccc3c2)cc1F. The number of halogens is 1. The second-order valence-electron chi connectivity index (χ2n) is 11.2. The van der Waals surface area contributed by atoms with E-state index in [1.807, 2.05) is 61.7 Å². The highest BCUT2D eigenvalue weighted by Gasteiger charge is 2.20. The summed E-state index contributed by atoms with van der Waals surface area (Å²) in [6, 6.07) is 19.3. The minimum atomic E-state index is -0.487. The number of hydrogen-bond donors (Lipinski definition) is 5. The number of anilines is 3. The first kappa shape index (κ1) is 28.2. The van der Waals surface area contributed by atoms with Crippen molar-refractivity contribution in [3.8, 4) is 0 Å². The summed E-state index contributed by atoms with van der Waals surface area (Å²) in [6.45, 7) is 3.61. The van der Waals surface area contributed by atoms with Crippen molar-refractivity contribution < 1.29 is 19.1 Å². The summed E-state index contributed by atoms with van der Waals surface area (Å²) >= 11 is 0. The largest absolute Gasteiger partial charge is 0.393 e. The number of allylic oxidation sites excluding steroid dienone is 4. The molecule has 0 bridgehead atoms. The Morgan fingerprint density at radius 1 is 0.907 bits per heavy atom. The minimum absolute atomic E-state index is 0.0132. The van der Waals surface area contributed by atoms with Crippen LogP contribution in [0, 0.1) is 11.7 Å². The van der Waals surface area contributed by atoms with Gasteiger partial charge in [0.2, 0.25) is 0 Å². The molecule has 0 spiro atoms. The lowest BCUT2D eigenvalue weighted by Gasteiger charge is -2.31. The number of rotatable bonds is 7. The number of nitrogens with one attached hydrogen (secondary N) is 4. The zero-order valence-corrected chi connectivity index (χ0v) is 23.9. The van der Waals surface area contributed by atoms with Crippen molar-refractivity contribution >= 4 is 39.8 Å². The summed E-state index contributed by atoms with van der Waals surface area (Å²) < 4.78 is 15.0. The Hall–Kier alpha value is -4.89. The number of benzene rings is 3. The standard InChI is InChI=1S/C34H34FN5O3/c1-21-18-25(37-33(42)22-2-7-27(8-3-22)40-16-13-28(41)14-17-40)5-10-30(21)39-32-11-6-26(20-29(32)35)38-34(43)24-4-9-31-23(19-24)12-15-36-31/h2-12,15,19-21,28,36,39,41H,13-14,16-18H2,1H3,(H,37,42)(H,38,43). The van der Waals surface area contributed by atoms with Crippen molar-refractivity contribution in [1.29, 1.82) is 0 Å². The molecule has 1 fully saturated rings. The van der Waals surface area contributed by atoms with Crippen LogP contribution in [0.2, 0.25) is 0 Å². The summed E-state index contributed by atoms with van der Waals surface area (Å²) in [5.74, 6) is -0.968. The molecule has 0 saturated carbocycles. The highest BCUT2D eigenvalue weighted by molar-refractivity contribution is 6.06. The van der Waals surface area contributed by atoms with E-state index in [1.165, 1.54) is 6.07 Å².